The van der Waals surface area contributed by atoms with Crippen LogP contribution in [-0.4, -0.2) is 30.6 Å². The number of ether oxygens (including phenoxy) is 1. The third kappa shape index (κ3) is 1.95. The van der Waals surface area contributed by atoms with E-state index in [4.69, 9.17) is 0 Å². The Bertz CT molecular complexity index is 276. The average molecular weight is 167 g/mol. The fourth-order valence-corrected chi connectivity index (χ4v) is 0.854. The lowest BCUT2D eigenvalue weighted by molar-refractivity contribution is -0.441. The summed E-state index contributed by atoms with van der Waals surface area (Å²) >= 11 is 0. The van der Waals surface area contributed by atoms with Crippen LogP contribution >= 0.6 is 0 Å². The molecule has 0 saturated carbocycles. The van der Waals surface area contributed by atoms with Crippen molar-refractivity contribution in [2.24, 2.45) is 0 Å². The number of esters is 1. The van der Waals surface area contributed by atoms with Gasteiger partial charge in [-0.05, 0) is 6.08 Å². The largest absolute Gasteiger partial charge is 0.624 e. The Labute approximate surface area is 70.0 Å². The minimum absolute atomic E-state index is 0.0413. The smallest absolute Gasteiger partial charge is 0.340 e. The summed E-state index contributed by atoms with van der Waals surface area (Å²) in [4.78, 5) is 11.0. The third-order valence-corrected chi connectivity index (χ3v) is 1.43. The van der Waals surface area contributed by atoms with Gasteiger partial charge in [0, 0.05) is 6.08 Å². The zero-order valence-electron chi connectivity index (χ0n) is 6.69. The summed E-state index contributed by atoms with van der Waals surface area (Å²) in [5.41, 5.74) is 0.359. The fraction of sp³-hybridized carbons (Fsp3) is 0.250. The van der Waals surface area contributed by atoms with Gasteiger partial charge in [0.1, 0.15) is 5.57 Å². The Hall–Kier alpha value is -1.58. The maximum atomic E-state index is 11.0. The zero-order chi connectivity index (χ0) is 8.97. The van der Waals surface area contributed by atoms with Crippen LogP contribution in [0.1, 0.15) is 0 Å². The molecule has 64 valence electrons. The molecule has 0 saturated heterocycles. The number of carbonyl (C=O) groups is 1. The summed E-state index contributed by atoms with van der Waals surface area (Å²) in [7, 11) is 1.29. The van der Waals surface area contributed by atoms with E-state index in [9.17, 15) is 10.0 Å². The molecule has 4 heteroatoms. The number of allylic oxidation sites excluding steroid dienone is 3. The first-order chi connectivity index (χ1) is 5.74. The molecule has 12 heavy (non-hydrogen) atoms. The van der Waals surface area contributed by atoms with Gasteiger partial charge in [-0.25, -0.2) is 9.53 Å². The summed E-state index contributed by atoms with van der Waals surface area (Å²) < 4.78 is 5.15. The maximum Gasteiger partial charge on any atom is 0.340 e. The van der Waals surface area contributed by atoms with Gasteiger partial charge in [0.25, 0.3) is 0 Å². The van der Waals surface area contributed by atoms with Crippen molar-refractivity contribution < 1.29 is 14.3 Å². The van der Waals surface area contributed by atoms with Gasteiger partial charge < -0.3 is 9.94 Å². The lowest BCUT2D eigenvalue weighted by atomic mass is 10.2. The van der Waals surface area contributed by atoms with Gasteiger partial charge in [0.05, 0.1) is 7.11 Å². The first kappa shape index (κ1) is 8.52. The topological polar surface area (TPSA) is 52.4 Å². The van der Waals surface area contributed by atoms with E-state index < -0.39 is 5.97 Å². The third-order valence-electron chi connectivity index (χ3n) is 1.43. The van der Waals surface area contributed by atoms with E-state index in [1.807, 2.05) is 0 Å². The molecule has 1 aliphatic heterocycles. The van der Waals surface area contributed by atoms with Crippen molar-refractivity contribution in [1.29, 1.82) is 0 Å². The molecule has 0 unspecified atom stereocenters. The molecule has 1 heterocycles. The number of hydrogen-bond donors (Lipinski definition) is 0. The van der Waals surface area contributed by atoms with Gasteiger partial charge >= 0.3 is 5.97 Å². The molecule has 0 fully saturated rings. The van der Waals surface area contributed by atoms with Crippen molar-refractivity contribution >= 4 is 12.2 Å². The zero-order valence-corrected chi connectivity index (χ0v) is 6.69. The Morgan fingerprint density at radius 3 is 3.08 bits per heavy atom. The van der Waals surface area contributed by atoms with E-state index in [1.54, 1.807) is 18.2 Å². The lowest BCUT2D eigenvalue weighted by Crippen LogP contribution is -2.15. The molecule has 0 atom stereocenters. The number of hydrogen-bond acceptors (Lipinski definition) is 3. The minimum Gasteiger partial charge on any atom is -0.624 e. The summed E-state index contributed by atoms with van der Waals surface area (Å²) in [6.07, 6.45) is 6.12. The monoisotopic (exact) mass is 167 g/mol. The molecular formula is C8H9NO3. The minimum atomic E-state index is -0.462. The van der Waals surface area contributed by atoms with Crippen LogP contribution in [0.25, 0.3) is 0 Å². The molecule has 0 aromatic heterocycles. The molecule has 0 aliphatic carbocycles. The van der Waals surface area contributed by atoms with Gasteiger partial charge in [-0.2, -0.15) is 0 Å². The highest BCUT2D eigenvalue weighted by Crippen LogP contribution is 2.00. The maximum absolute atomic E-state index is 11.0. The van der Waals surface area contributed by atoms with Gasteiger partial charge in [0.15, 0.2) is 12.8 Å². The van der Waals surface area contributed by atoms with Gasteiger partial charge in [0.2, 0.25) is 0 Å². The van der Waals surface area contributed by atoms with Crippen molar-refractivity contribution in [3.63, 3.8) is 0 Å². The van der Waals surface area contributed by atoms with Gasteiger partial charge in [-0.3, -0.25) is 0 Å². The lowest BCUT2D eigenvalue weighted by Gasteiger charge is -2.03. The molecule has 0 radical (unpaired) electrons. The van der Waals surface area contributed by atoms with E-state index in [1.165, 1.54) is 13.3 Å². The first-order valence-electron chi connectivity index (χ1n) is 3.47. The van der Waals surface area contributed by atoms with Crippen molar-refractivity contribution in [3.8, 4) is 0 Å². The first-order valence-corrected chi connectivity index (χ1v) is 3.47. The van der Waals surface area contributed by atoms with E-state index >= 15 is 0 Å². The number of methoxy groups -OCH3 is 1. The van der Waals surface area contributed by atoms with Crippen LogP contribution < -0.4 is 0 Å². The van der Waals surface area contributed by atoms with Crippen LogP contribution in [0.15, 0.2) is 23.8 Å². The van der Waals surface area contributed by atoms with Crippen molar-refractivity contribution in [3.05, 3.63) is 29.0 Å². The number of hydroxylamine groups is 1. The molecule has 4 nitrogen and oxygen atoms in total. The Kier molecular flexibility index (Phi) is 2.63. The summed E-state index contributed by atoms with van der Waals surface area (Å²) in [6, 6.07) is 0. The van der Waals surface area contributed by atoms with Crippen LogP contribution in [0.4, 0.5) is 0 Å². The van der Waals surface area contributed by atoms with E-state index in [2.05, 4.69) is 4.74 Å². The molecule has 0 bridgehead atoms. The number of carbonyl (C=O) groups excluding carboxylic acids is 1. The van der Waals surface area contributed by atoms with E-state index in [0.717, 1.165) is 0 Å². The molecular weight excluding hydrogens is 158 g/mol. The second kappa shape index (κ2) is 3.71. The Balaban J connectivity index is 2.80. The number of rotatable bonds is 1. The molecule has 1 aliphatic rings. The van der Waals surface area contributed by atoms with Gasteiger partial charge in [-0.15, -0.1) is 0 Å². The predicted octanol–water partition coefficient (Wildman–Crippen LogP) is 0.237. The van der Waals surface area contributed by atoms with Crippen LogP contribution in [0.3, 0.4) is 0 Å². The second-order valence-corrected chi connectivity index (χ2v) is 2.29. The van der Waals surface area contributed by atoms with Crippen LogP contribution in [0.5, 0.6) is 0 Å². The van der Waals surface area contributed by atoms with Crippen molar-refractivity contribution in [1.82, 2.24) is 0 Å². The van der Waals surface area contributed by atoms with Crippen molar-refractivity contribution in [2.45, 2.75) is 0 Å². The second-order valence-electron chi connectivity index (χ2n) is 2.29. The van der Waals surface area contributed by atoms with E-state index in [0.29, 0.717) is 10.3 Å². The van der Waals surface area contributed by atoms with E-state index in [-0.39, 0.29) is 6.54 Å². The molecule has 0 N–H and O–H groups in total. The highest BCUT2D eigenvalue weighted by Gasteiger charge is 2.13. The molecule has 0 amide bonds. The predicted molar refractivity (Wildman–Crippen MR) is 43.8 cm³/mol. The van der Waals surface area contributed by atoms with Crippen molar-refractivity contribution in [2.75, 3.05) is 13.7 Å². The average Bonchev–Trinajstić information content (AvgIpc) is 2.28. The highest BCUT2D eigenvalue weighted by molar-refractivity contribution is 5.89. The quantitative estimate of drug-likeness (QED) is 0.319. The molecule has 0 spiro atoms. The molecule has 1 rings (SSSR count). The summed E-state index contributed by atoms with van der Waals surface area (Å²) in [6.45, 7) is 0.0413. The summed E-state index contributed by atoms with van der Waals surface area (Å²) in [5.74, 6) is -0.462. The standard InChI is InChI=1S/C8H9NO3/c1-12-8(10)7-4-2-3-5-9(11)6-7/h2-5H,6H2,1H3. The fourth-order valence-electron chi connectivity index (χ4n) is 0.854. The summed E-state index contributed by atoms with van der Waals surface area (Å²) in [5, 5.41) is 10.9. The highest BCUT2D eigenvalue weighted by atomic mass is 16.5. The Morgan fingerprint density at radius 1 is 1.67 bits per heavy atom. The van der Waals surface area contributed by atoms with Crippen LogP contribution in [-0.2, 0) is 9.53 Å². The Morgan fingerprint density at radius 2 is 2.42 bits per heavy atom. The van der Waals surface area contributed by atoms with Crippen LogP contribution in [0, 0.1) is 5.21 Å². The number of nitrogens with zero attached hydrogens (tertiary/aromatic N) is 1. The molecule has 0 aromatic carbocycles. The SMILES string of the molecule is COC(=O)C1=CC=CC=[N+]([O-])C1. The normalized spacial score (nSPS) is 16.1. The molecule has 0 aromatic rings. The van der Waals surface area contributed by atoms with Gasteiger partial charge in [-0.1, -0.05) is 6.08 Å². The van der Waals surface area contributed by atoms with Crippen LogP contribution in [0.2, 0.25) is 0 Å².